The zero-order chi connectivity index (χ0) is 17.9. The van der Waals surface area contributed by atoms with Crippen LogP contribution in [-0.4, -0.2) is 63.5 Å². The highest BCUT2D eigenvalue weighted by molar-refractivity contribution is 5.85. The maximum atomic E-state index is 11.7. The molecule has 0 heterocycles. The van der Waals surface area contributed by atoms with Gasteiger partial charge in [-0.05, 0) is 27.2 Å². The summed E-state index contributed by atoms with van der Waals surface area (Å²) in [5.41, 5.74) is -0.601. The van der Waals surface area contributed by atoms with Crippen molar-refractivity contribution in [3.05, 3.63) is 0 Å². The molecule has 0 spiro atoms. The van der Waals surface area contributed by atoms with Crippen LogP contribution in [0, 0.1) is 0 Å². The van der Waals surface area contributed by atoms with Crippen LogP contribution in [0.5, 0.6) is 0 Å². The molecule has 0 saturated heterocycles. The van der Waals surface area contributed by atoms with Crippen molar-refractivity contribution in [2.24, 2.45) is 0 Å². The average molecular weight is 333 g/mol. The second-order valence-electron chi connectivity index (χ2n) is 5.81. The lowest BCUT2D eigenvalue weighted by atomic mass is 10.1. The summed E-state index contributed by atoms with van der Waals surface area (Å²) in [7, 11) is 2.73. The van der Waals surface area contributed by atoms with Gasteiger partial charge in [0.15, 0.2) is 0 Å². The topological polar surface area (TPSA) is 100 Å². The third-order valence-corrected chi connectivity index (χ3v) is 2.54. The van der Waals surface area contributed by atoms with E-state index in [4.69, 9.17) is 14.2 Å². The van der Waals surface area contributed by atoms with Crippen molar-refractivity contribution in [3.8, 4) is 0 Å². The number of methoxy groups -OCH3 is 2. The van der Waals surface area contributed by atoms with Crippen molar-refractivity contribution >= 4 is 17.8 Å². The second-order valence-corrected chi connectivity index (χ2v) is 5.81. The number of esters is 2. The van der Waals surface area contributed by atoms with Crippen LogP contribution in [0.4, 0.5) is 0 Å². The monoisotopic (exact) mass is 333 g/mol. The van der Waals surface area contributed by atoms with Gasteiger partial charge in [0.1, 0.15) is 18.2 Å². The Labute approximate surface area is 136 Å². The Kier molecular flexibility index (Phi) is 10.2. The van der Waals surface area contributed by atoms with Gasteiger partial charge in [-0.1, -0.05) is 0 Å². The van der Waals surface area contributed by atoms with E-state index in [2.05, 4.69) is 10.1 Å². The Bertz CT molecular complexity index is 390. The highest BCUT2D eigenvalue weighted by Crippen LogP contribution is 2.10. The lowest BCUT2D eigenvalue weighted by Crippen LogP contribution is -2.43. The largest absolute Gasteiger partial charge is 0.467 e. The van der Waals surface area contributed by atoms with Crippen LogP contribution >= 0.6 is 0 Å². The first-order valence-electron chi connectivity index (χ1n) is 7.35. The van der Waals surface area contributed by atoms with E-state index < -0.39 is 29.5 Å². The van der Waals surface area contributed by atoms with Gasteiger partial charge in [-0.15, -0.1) is 0 Å². The van der Waals surface area contributed by atoms with Crippen molar-refractivity contribution < 1.29 is 33.3 Å². The van der Waals surface area contributed by atoms with Gasteiger partial charge in [0, 0.05) is 13.5 Å². The predicted octanol–water partition coefficient (Wildman–Crippen LogP) is 0.429. The Balaban J connectivity index is 4.34. The van der Waals surface area contributed by atoms with Crippen LogP contribution in [0.25, 0.3) is 0 Å². The van der Waals surface area contributed by atoms with E-state index in [1.807, 2.05) is 0 Å². The molecular formula is C15H27NO7. The third-order valence-electron chi connectivity index (χ3n) is 2.54. The molecule has 8 nitrogen and oxygen atoms in total. The highest BCUT2D eigenvalue weighted by Gasteiger charge is 2.24. The molecule has 0 aromatic carbocycles. The van der Waals surface area contributed by atoms with Crippen molar-refractivity contribution in [2.45, 2.75) is 45.3 Å². The number of amides is 1. The van der Waals surface area contributed by atoms with Crippen molar-refractivity contribution in [1.29, 1.82) is 0 Å². The third kappa shape index (κ3) is 11.5. The molecular weight excluding hydrogens is 306 g/mol. The first kappa shape index (κ1) is 21.3. The van der Waals surface area contributed by atoms with Crippen LogP contribution < -0.4 is 5.32 Å². The predicted molar refractivity (Wildman–Crippen MR) is 81.7 cm³/mol. The average Bonchev–Trinajstić information content (AvgIpc) is 2.45. The Morgan fingerprint density at radius 3 is 2.26 bits per heavy atom. The number of hydrogen-bond donors (Lipinski definition) is 1. The summed E-state index contributed by atoms with van der Waals surface area (Å²) >= 11 is 0. The van der Waals surface area contributed by atoms with E-state index in [1.54, 1.807) is 20.8 Å². The van der Waals surface area contributed by atoms with Gasteiger partial charge in [-0.2, -0.15) is 0 Å². The van der Waals surface area contributed by atoms with Crippen LogP contribution in [0.15, 0.2) is 0 Å². The molecule has 1 N–H and O–H groups in total. The molecule has 0 aromatic rings. The summed E-state index contributed by atoms with van der Waals surface area (Å²) in [6.45, 7) is 5.69. The van der Waals surface area contributed by atoms with Crippen LogP contribution in [0.2, 0.25) is 0 Å². The maximum absolute atomic E-state index is 11.7. The quantitative estimate of drug-likeness (QED) is 0.457. The lowest BCUT2D eigenvalue weighted by molar-refractivity contribution is -0.155. The molecule has 0 aromatic heterocycles. The summed E-state index contributed by atoms with van der Waals surface area (Å²) in [6.07, 6.45) is 0.0766. The summed E-state index contributed by atoms with van der Waals surface area (Å²) in [6, 6.07) is -0.925. The molecule has 1 atom stereocenters. The molecule has 23 heavy (non-hydrogen) atoms. The molecule has 0 bridgehead atoms. The maximum Gasteiger partial charge on any atom is 0.328 e. The number of ether oxygens (including phenoxy) is 4. The molecule has 0 aliphatic rings. The van der Waals surface area contributed by atoms with Gasteiger partial charge in [-0.25, -0.2) is 4.79 Å². The van der Waals surface area contributed by atoms with E-state index in [-0.39, 0.29) is 26.1 Å². The van der Waals surface area contributed by atoms with Gasteiger partial charge in [0.05, 0.1) is 20.3 Å². The zero-order valence-corrected chi connectivity index (χ0v) is 14.5. The van der Waals surface area contributed by atoms with Gasteiger partial charge in [-0.3, -0.25) is 9.59 Å². The second kappa shape index (κ2) is 11.0. The minimum atomic E-state index is -0.925. The standard InChI is InChI=1S/C15H27NO7/c1-15(2,3)23-13(18)7-6-11(14(19)21-5)16-12(17)10-22-9-8-20-4/h11H,6-10H2,1-5H3,(H,16,17)/t11-/m0/s1. The first-order chi connectivity index (χ1) is 10.7. The molecule has 0 rings (SSSR count). The van der Waals surface area contributed by atoms with E-state index in [0.717, 1.165) is 0 Å². The smallest absolute Gasteiger partial charge is 0.328 e. The van der Waals surface area contributed by atoms with E-state index >= 15 is 0 Å². The van der Waals surface area contributed by atoms with Crippen molar-refractivity contribution in [3.63, 3.8) is 0 Å². The number of carbonyl (C=O) groups is 3. The Morgan fingerprint density at radius 2 is 1.74 bits per heavy atom. The molecule has 0 saturated carbocycles. The summed E-state index contributed by atoms with van der Waals surface area (Å²) in [4.78, 5) is 35.1. The van der Waals surface area contributed by atoms with E-state index in [1.165, 1.54) is 14.2 Å². The molecule has 0 aliphatic heterocycles. The SMILES string of the molecule is COCCOCC(=O)N[C@@H](CCC(=O)OC(C)(C)C)C(=O)OC. The van der Waals surface area contributed by atoms with E-state index in [0.29, 0.717) is 6.61 Å². The minimum Gasteiger partial charge on any atom is -0.467 e. The molecule has 1 amide bonds. The Hall–Kier alpha value is -1.67. The normalized spacial score (nSPS) is 12.4. The number of nitrogens with one attached hydrogen (secondary N) is 1. The van der Waals surface area contributed by atoms with Crippen LogP contribution in [0.3, 0.4) is 0 Å². The van der Waals surface area contributed by atoms with Gasteiger partial charge >= 0.3 is 11.9 Å². The van der Waals surface area contributed by atoms with Gasteiger partial charge < -0.3 is 24.3 Å². The number of rotatable bonds is 10. The number of hydrogen-bond acceptors (Lipinski definition) is 7. The van der Waals surface area contributed by atoms with E-state index in [9.17, 15) is 14.4 Å². The van der Waals surface area contributed by atoms with Gasteiger partial charge in [0.2, 0.25) is 5.91 Å². The fraction of sp³-hybridized carbons (Fsp3) is 0.800. The number of carbonyl (C=O) groups excluding carboxylic acids is 3. The summed E-state index contributed by atoms with van der Waals surface area (Å²) < 4.78 is 19.6. The molecule has 0 radical (unpaired) electrons. The molecule has 134 valence electrons. The Morgan fingerprint density at radius 1 is 1.09 bits per heavy atom. The molecule has 0 unspecified atom stereocenters. The van der Waals surface area contributed by atoms with Crippen LogP contribution in [0.1, 0.15) is 33.6 Å². The van der Waals surface area contributed by atoms with Crippen molar-refractivity contribution in [1.82, 2.24) is 5.32 Å². The lowest BCUT2D eigenvalue weighted by Gasteiger charge is -2.21. The summed E-state index contributed by atoms with van der Waals surface area (Å²) in [5.74, 6) is -1.54. The van der Waals surface area contributed by atoms with Gasteiger partial charge in [0.25, 0.3) is 0 Å². The zero-order valence-electron chi connectivity index (χ0n) is 14.5. The molecule has 0 aliphatic carbocycles. The molecule has 8 heteroatoms. The highest BCUT2D eigenvalue weighted by atomic mass is 16.6. The fourth-order valence-corrected chi connectivity index (χ4v) is 1.59. The molecule has 0 fully saturated rings. The summed E-state index contributed by atoms with van der Waals surface area (Å²) in [5, 5.41) is 2.48. The van der Waals surface area contributed by atoms with Crippen molar-refractivity contribution in [2.75, 3.05) is 34.0 Å². The first-order valence-corrected chi connectivity index (χ1v) is 7.35. The van der Waals surface area contributed by atoms with Crippen LogP contribution in [-0.2, 0) is 33.3 Å². The minimum absolute atomic E-state index is 0.0121. The fourth-order valence-electron chi connectivity index (χ4n) is 1.59.